The fourth-order valence-corrected chi connectivity index (χ4v) is 5.34. The van der Waals surface area contributed by atoms with Crippen LogP contribution >= 0.6 is 11.8 Å². The zero-order valence-corrected chi connectivity index (χ0v) is 24.6. The van der Waals surface area contributed by atoms with E-state index in [1.165, 1.54) is 17.9 Å². The minimum atomic E-state index is -1.35. The number of amides is 1. The van der Waals surface area contributed by atoms with Crippen molar-refractivity contribution in [3.63, 3.8) is 0 Å². The van der Waals surface area contributed by atoms with E-state index in [0.717, 1.165) is 32.5 Å². The molecule has 0 unspecified atom stereocenters. The summed E-state index contributed by atoms with van der Waals surface area (Å²) in [7, 11) is 1.54. The van der Waals surface area contributed by atoms with Crippen LogP contribution in [0, 0.1) is 0 Å². The Kier molecular flexibility index (Phi) is 11.3. The van der Waals surface area contributed by atoms with Crippen molar-refractivity contribution >= 4 is 52.8 Å². The number of nitrogens with zero attached hydrogens (tertiary/aromatic N) is 2. The monoisotopic (exact) mass is 604 g/mol. The number of carbonyl (C=O) groups excluding carboxylic acids is 5. The molecule has 5 atom stereocenters. The van der Waals surface area contributed by atoms with E-state index in [-0.39, 0.29) is 24.0 Å². The lowest BCUT2D eigenvalue weighted by Gasteiger charge is -2.44. The Labute approximate surface area is 246 Å². The molecule has 0 aromatic heterocycles. The molecule has 1 aromatic carbocycles. The Balaban J connectivity index is 2.03. The van der Waals surface area contributed by atoms with Crippen molar-refractivity contribution in [1.82, 2.24) is 4.90 Å². The van der Waals surface area contributed by atoms with Crippen LogP contribution in [0.3, 0.4) is 0 Å². The second kappa shape index (κ2) is 14.6. The van der Waals surface area contributed by atoms with Crippen molar-refractivity contribution in [1.29, 1.82) is 0 Å². The number of methoxy groups -OCH3 is 1. The van der Waals surface area contributed by atoms with Crippen molar-refractivity contribution in [3.05, 3.63) is 48.2 Å². The molecule has 1 fully saturated rings. The Morgan fingerprint density at radius 3 is 2.10 bits per heavy atom. The summed E-state index contributed by atoms with van der Waals surface area (Å²) in [5.41, 5.74) is -0.333. The van der Waals surface area contributed by atoms with Crippen molar-refractivity contribution < 1.29 is 52.4 Å². The lowest BCUT2D eigenvalue weighted by atomic mass is 9.99. The summed E-state index contributed by atoms with van der Waals surface area (Å²) in [6.45, 7) is 8.03. The van der Waals surface area contributed by atoms with Gasteiger partial charge in [0.25, 0.3) is 5.91 Å². The van der Waals surface area contributed by atoms with Crippen LogP contribution in [0.5, 0.6) is 5.75 Å². The van der Waals surface area contributed by atoms with Crippen LogP contribution in [0.15, 0.2) is 47.6 Å². The summed E-state index contributed by atoms with van der Waals surface area (Å²) in [5, 5.41) is 0.181. The van der Waals surface area contributed by atoms with E-state index in [9.17, 15) is 24.0 Å². The molecule has 14 heteroatoms. The molecular weight excluding hydrogens is 572 g/mol. The number of carbonyl (C=O) groups is 5. The summed E-state index contributed by atoms with van der Waals surface area (Å²) < 4.78 is 32.8. The average molecular weight is 605 g/mol. The van der Waals surface area contributed by atoms with E-state index in [1.807, 2.05) is 0 Å². The van der Waals surface area contributed by atoms with Crippen molar-refractivity contribution in [2.45, 2.75) is 57.5 Å². The third-order valence-corrected chi connectivity index (χ3v) is 6.95. The molecule has 1 saturated heterocycles. The standard InChI is InChI=1S/C28H32N2O11S/c1-7-12-30-26(35)21(13-19-8-10-20(36-6)11-9-19)29-28(30)42-27-25(40-18(5)34)24(39-17(4)33)23(38-16(3)32)22(41-27)14-37-15(2)31/h7-11,13,22-25,27H,1,12,14H2,2-6H3/b21-13-/t22-,23+,24+,25-,27+/m1/s1. The quantitative estimate of drug-likeness (QED) is 0.166. The Morgan fingerprint density at radius 2 is 1.55 bits per heavy atom. The molecule has 42 heavy (non-hydrogen) atoms. The summed E-state index contributed by atoms with van der Waals surface area (Å²) in [6.07, 6.45) is -1.98. The molecule has 1 amide bonds. The van der Waals surface area contributed by atoms with Crippen LogP contribution in [0.25, 0.3) is 6.08 Å². The summed E-state index contributed by atoms with van der Waals surface area (Å²) in [6, 6.07) is 7.00. The maximum absolute atomic E-state index is 13.3. The molecule has 226 valence electrons. The lowest BCUT2D eigenvalue weighted by Crippen LogP contribution is -2.61. The van der Waals surface area contributed by atoms with Crippen LogP contribution in [0.1, 0.15) is 33.3 Å². The van der Waals surface area contributed by atoms with Gasteiger partial charge in [-0.25, -0.2) is 4.99 Å². The number of esters is 4. The first-order valence-electron chi connectivity index (χ1n) is 12.8. The van der Waals surface area contributed by atoms with Crippen molar-refractivity contribution in [3.8, 4) is 5.75 Å². The zero-order valence-electron chi connectivity index (χ0n) is 23.8. The van der Waals surface area contributed by atoms with Crippen LogP contribution in [-0.2, 0) is 47.7 Å². The van der Waals surface area contributed by atoms with Gasteiger partial charge in [-0.15, -0.1) is 6.58 Å². The number of aliphatic imine (C=N–C) groups is 1. The molecule has 0 bridgehead atoms. The van der Waals surface area contributed by atoms with Gasteiger partial charge >= 0.3 is 23.9 Å². The SMILES string of the molecule is C=CCN1C(=O)/C(=C/c2ccc(OC)cc2)N=C1S[C@@H]1O[C@H](COC(C)=O)[C@H](OC(C)=O)[C@H](OC(C)=O)[C@H]1OC(C)=O. The third-order valence-electron chi connectivity index (χ3n) is 5.81. The number of benzene rings is 1. The molecule has 0 radical (unpaired) electrons. The molecule has 2 heterocycles. The number of ether oxygens (including phenoxy) is 6. The maximum atomic E-state index is 13.3. The van der Waals surface area contributed by atoms with Gasteiger partial charge in [0.1, 0.15) is 24.2 Å². The van der Waals surface area contributed by atoms with Crippen molar-refractivity contribution in [2.24, 2.45) is 4.99 Å². The molecule has 0 aliphatic carbocycles. The van der Waals surface area contributed by atoms with Crippen molar-refractivity contribution in [2.75, 3.05) is 20.3 Å². The van der Waals surface area contributed by atoms with E-state index < -0.39 is 59.6 Å². The second-order valence-electron chi connectivity index (χ2n) is 9.09. The molecular formula is C28H32N2O11S. The molecule has 0 N–H and O–H groups in total. The van der Waals surface area contributed by atoms with Crippen LogP contribution < -0.4 is 4.74 Å². The van der Waals surface area contributed by atoms with Gasteiger partial charge in [-0.1, -0.05) is 30.0 Å². The maximum Gasteiger partial charge on any atom is 0.303 e. The number of amidine groups is 1. The first kappa shape index (κ1) is 32.3. The van der Waals surface area contributed by atoms with Gasteiger partial charge in [0.2, 0.25) is 0 Å². The van der Waals surface area contributed by atoms with Gasteiger partial charge in [0, 0.05) is 34.2 Å². The van der Waals surface area contributed by atoms with E-state index in [0.29, 0.717) is 11.3 Å². The smallest absolute Gasteiger partial charge is 0.303 e. The largest absolute Gasteiger partial charge is 0.497 e. The minimum Gasteiger partial charge on any atom is -0.497 e. The Hall–Kier alpha value is -4.17. The number of rotatable bonds is 10. The zero-order chi connectivity index (χ0) is 31.0. The van der Waals surface area contributed by atoms with E-state index >= 15 is 0 Å². The summed E-state index contributed by atoms with van der Waals surface area (Å²) in [4.78, 5) is 66.9. The molecule has 13 nitrogen and oxygen atoms in total. The molecule has 0 saturated carbocycles. The third kappa shape index (κ3) is 8.42. The molecule has 2 aliphatic rings. The second-order valence-corrected chi connectivity index (χ2v) is 10.2. The normalized spacial score (nSPS) is 24.5. The highest BCUT2D eigenvalue weighted by molar-refractivity contribution is 8.14. The van der Waals surface area contributed by atoms with Gasteiger partial charge in [-0.05, 0) is 23.8 Å². The van der Waals surface area contributed by atoms with Gasteiger partial charge in [0.05, 0.1) is 7.11 Å². The van der Waals surface area contributed by atoms with E-state index in [2.05, 4.69) is 11.6 Å². The average Bonchev–Trinajstić information content (AvgIpc) is 3.19. The number of hydrogen-bond donors (Lipinski definition) is 0. The number of hydrogen-bond acceptors (Lipinski definition) is 13. The molecule has 3 rings (SSSR count). The van der Waals surface area contributed by atoms with Gasteiger partial charge < -0.3 is 28.4 Å². The molecule has 2 aliphatic heterocycles. The fraction of sp³-hybridized carbons (Fsp3) is 0.429. The highest BCUT2D eigenvalue weighted by Crippen LogP contribution is 2.37. The van der Waals surface area contributed by atoms with Gasteiger partial charge in [-0.3, -0.25) is 28.9 Å². The Bertz CT molecular complexity index is 1280. The predicted octanol–water partition coefficient (Wildman–Crippen LogP) is 2.24. The van der Waals surface area contributed by atoms with E-state index in [4.69, 9.17) is 28.4 Å². The van der Waals surface area contributed by atoms with E-state index in [1.54, 1.807) is 37.5 Å². The van der Waals surface area contributed by atoms with Crippen LogP contribution in [-0.4, -0.2) is 90.0 Å². The van der Waals surface area contributed by atoms with Gasteiger partial charge in [-0.2, -0.15) is 0 Å². The highest BCUT2D eigenvalue weighted by atomic mass is 32.2. The first-order chi connectivity index (χ1) is 19.9. The van der Waals surface area contributed by atoms with Crippen LogP contribution in [0.2, 0.25) is 0 Å². The lowest BCUT2D eigenvalue weighted by molar-refractivity contribution is -0.237. The highest BCUT2D eigenvalue weighted by Gasteiger charge is 2.53. The Morgan fingerprint density at radius 1 is 0.952 bits per heavy atom. The predicted molar refractivity (Wildman–Crippen MR) is 150 cm³/mol. The van der Waals surface area contributed by atoms with Gasteiger partial charge in [0.15, 0.2) is 28.9 Å². The fourth-order valence-electron chi connectivity index (χ4n) is 4.16. The minimum absolute atomic E-state index is 0.0931. The molecule has 1 aromatic rings. The first-order valence-corrected chi connectivity index (χ1v) is 13.7. The topological polar surface area (TPSA) is 156 Å². The number of thioether (sulfide) groups is 1. The van der Waals surface area contributed by atoms with Crippen LogP contribution in [0.4, 0.5) is 0 Å². The summed E-state index contributed by atoms with van der Waals surface area (Å²) in [5.74, 6) is -2.63. The summed E-state index contributed by atoms with van der Waals surface area (Å²) >= 11 is 0.915. The molecule has 0 spiro atoms.